The van der Waals surface area contributed by atoms with Crippen LogP contribution in [0.3, 0.4) is 0 Å². The third-order valence-electron chi connectivity index (χ3n) is 4.99. The molecule has 0 bridgehead atoms. The highest BCUT2D eigenvalue weighted by atomic mass is 16.5. The summed E-state index contributed by atoms with van der Waals surface area (Å²) in [6.07, 6.45) is 4.22. The molecule has 0 spiro atoms. The highest BCUT2D eigenvalue weighted by Crippen LogP contribution is 2.18. The van der Waals surface area contributed by atoms with E-state index >= 15 is 0 Å². The Labute approximate surface area is 139 Å². The zero-order chi connectivity index (χ0) is 16.1. The Morgan fingerprint density at radius 3 is 2.52 bits per heavy atom. The first-order valence-electron chi connectivity index (χ1n) is 8.90. The molecule has 1 atom stereocenters. The molecule has 2 saturated heterocycles. The zero-order valence-electron chi connectivity index (χ0n) is 14.1. The Hall–Kier alpha value is -1.39. The van der Waals surface area contributed by atoms with Crippen LogP contribution < -0.4 is 5.32 Å². The van der Waals surface area contributed by atoms with Gasteiger partial charge in [0.1, 0.15) is 6.10 Å². The van der Waals surface area contributed by atoms with Crippen molar-refractivity contribution in [3.63, 3.8) is 0 Å². The average Bonchev–Trinajstić information content (AvgIpc) is 3.11. The van der Waals surface area contributed by atoms with Crippen LogP contribution in [-0.2, 0) is 22.6 Å². The molecule has 126 valence electrons. The highest BCUT2D eigenvalue weighted by molar-refractivity contribution is 5.80. The van der Waals surface area contributed by atoms with Gasteiger partial charge in [0.25, 0.3) is 0 Å². The first-order chi connectivity index (χ1) is 11.2. The van der Waals surface area contributed by atoms with Crippen molar-refractivity contribution in [2.24, 2.45) is 5.92 Å². The normalized spacial score (nSPS) is 23.1. The third kappa shape index (κ3) is 4.79. The second-order valence-electron chi connectivity index (χ2n) is 6.99. The van der Waals surface area contributed by atoms with E-state index in [0.29, 0.717) is 13.2 Å². The van der Waals surface area contributed by atoms with E-state index in [1.54, 1.807) is 0 Å². The van der Waals surface area contributed by atoms with Gasteiger partial charge in [-0.3, -0.25) is 9.69 Å². The number of ether oxygens (including phenoxy) is 1. The summed E-state index contributed by atoms with van der Waals surface area (Å²) in [6.45, 7) is 7.09. The number of carbonyl (C=O) groups is 1. The molecule has 1 amide bonds. The lowest BCUT2D eigenvalue weighted by Gasteiger charge is -2.30. The van der Waals surface area contributed by atoms with Gasteiger partial charge < -0.3 is 10.1 Å². The Balaban J connectivity index is 1.44. The van der Waals surface area contributed by atoms with Crippen LogP contribution in [0, 0.1) is 5.92 Å². The van der Waals surface area contributed by atoms with Crippen LogP contribution in [0.2, 0.25) is 0 Å². The van der Waals surface area contributed by atoms with Crippen LogP contribution in [0.4, 0.5) is 0 Å². The summed E-state index contributed by atoms with van der Waals surface area (Å²) in [5.41, 5.74) is 2.50. The number of amides is 1. The van der Waals surface area contributed by atoms with E-state index in [9.17, 15) is 4.79 Å². The van der Waals surface area contributed by atoms with Gasteiger partial charge in [0, 0.05) is 19.7 Å². The molecular weight excluding hydrogens is 288 g/mol. The van der Waals surface area contributed by atoms with E-state index in [0.717, 1.165) is 30.9 Å². The maximum atomic E-state index is 11.9. The van der Waals surface area contributed by atoms with Crippen molar-refractivity contribution < 1.29 is 9.53 Å². The second-order valence-corrected chi connectivity index (χ2v) is 6.99. The lowest BCUT2D eigenvalue weighted by molar-refractivity contribution is -0.130. The van der Waals surface area contributed by atoms with Crippen molar-refractivity contribution in [3.8, 4) is 0 Å². The molecule has 1 N–H and O–H groups in total. The fraction of sp³-hybridized carbons (Fsp3) is 0.632. The highest BCUT2D eigenvalue weighted by Gasteiger charge is 2.23. The number of hydrogen-bond acceptors (Lipinski definition) is 3. The van der Waals surface area contributed by atoms with E-state index in [1.807, 2.05) is 0 Å². The predicted octanol–water partition coefficient (Wildman–Crippen LogP) is 2.71. The minimum Gasteiger partial charge on any atom is -0.368 e. The molecule has 0 radical (unpaired) electrons. The van der Waals surface area contributed by atoms with Crippen molar-refractivity contribution in [2.75, 3.05) is 19.7 Å². The third-order valence-corrected chi connectivity index (χ3v) is 4.99. The molecule has 2 heterocycles. The Kier molecular flexibility index (Phi) is 5.68. The van der Waals surface area contributed by atoms with Gasteiger partial charge in [0.2, 0.25) is 5.91 Å². The van der Waals surface area contributed by atoms with Gasteiger partial charge in [0.05, 0.1) is 0 Å². The number of piperidine rings is 1. The van der Waals surface area contributed by atoms with E-state index in [-0.39, 0.29) is 12.0 Å². The van der Waals surface area contributed by atoms with Gasteiger partial charge in [-0.1, -0.05) is 31.2 Å². The largest absolute Gasteiger partial charge is 0.368 e. The summed E-state index contributed by atoms with van der Waals surface area (Å²) >= 11 is 0. The van der Waals surface area contributed by atoms with Crippen molar-refractivity contribution >= 4 is 5.91 Å². The average molecular weight is 316 g/mol. The van der Waals surface area contributed by atoms with Crippen LogP contribution in [0.25, 0.3) is 0 Å². The number of carbonyl (C=O) groups excluding carboxylic acids is 1. The molecule has 0 saturated carbocycles. The summed E-state index contributed by atoms with van der Waals surface area (Å²) in [6, 6.07) is 8.62. The van der Waals surface area contributed by atoms with Crippen molar-refractivity contribution in [1.82, 2.24) is 10.2 Å². The van der Waals surface area contributed by atoms with Gasteiger partial charge in [-0.2, -0.15) is 0 Å². The topological polar surface area (TPSA) is 41.6 Å². The molecule has 23 heavy (non-hydrogen) atoms. The molecular formula is C19H28N2O2. The van der Waals surface area contributed by atoms with Crippen LogP contribution in [0.15, 0.2) is 24.3 Å². The lowest BCUT2D eigenvalue weighted by atomic mass is 9.99. The summed E-state index contributed by atoms with van der Waals surface area (Å²) in [5.74, 6) is 0.898. The van der Waals surface area contributed by atoms with E-state index in [1.165, 1.54) is 31.5 Å². The minimum atomic E-state index is -0.240. The second kappa shape index (κ2) is 7.93. The Morgan fingerprint density at radius 1 is 1.17 bits per heavy atom. The van der Waals surface area contributed by atoms with Gasteiger partial charge in [-0.25, -0.2) is 0 Å². The summed E-state index contributed by atoms with van der Waals surface area (Å²) in [4.78, 5) is 14.5. The molecule has 2 aliphatic rings. The smallest absolute Gasteiger partial charge is 0.249 e. The quantitative estimate of drug-likeness (QED) is 0.908. The summed E-state index contributed by atoms with van der Waals surface area (Å²) < 4.78 is 5.40. The molecule has 0 aliphatic carbocycles. The molecule has 2 aliphatic heterocycles. The van der Waals surface area contributed by atoms with Crippen molar-refractivity contribution in [3.05, 3.63) is 35.4 Å². The van der Waals surface area contributed by atoms with Gasteiger partial charge in [-0.05, 0) is 55.8 Å². The molecule has 4 nitrogen and oxygen atoms in total. The zero-order valence-corrected chi connectivity index (χ0v) is 14.1. The summed E-state index contributed by atoms with van der Waals surface area (Å²) in [5, 5.41) is 2.97. The monoisotopic (exact) mass is 316 g/mol. The molecule has 2 fully saturated rings. The minimum absolute atomic E-state index is 0.0222. The van der Waals surface area contributed by atoms with Crippen LogP contribution in [0.1, 0.15) is 43.7 Å². The number of nitrogens with zero attached hydrogens (tertiary/aromatic N) is 1. The van der Waals surface area contributed by atoms with Crippen molar-refractivity contribution in [1.29, 1.82) is 0 Å². The maximum absolute atomic E-state index is 11.9. The van der Waals surface area contributed by atoms with Crippen molar-refractivity contribution in [2.45, 2.75) is 51.8 Å². The number of nitrogens with one attached hydrogen (secondary N) is 1. The van der Waals surface area contributed by atoms with Crippen LogP contribution >= 0.6 is 0 Å². The molecule has 0 aromatic heterocycles. The standard InChI is InChI=1S/C19H28N2O2/c1-15-8-10-21(11-9-15)14-17-6-4-16(5-7-17)13-20-19(22)18-3-2-12-23-18/h4-7,15,18H,2-3,8-14H2,1H3,(H,20,22)/t18-/m0/s1. The summed E-state index contributed by atoms with van der Waals surface area (Å²) in [7, 11) is 0. The number of likely N-dealkylation sites (tertiary alicyclic amines) is 1. The molecule has 0 unspecified atom stereocenters. The molecule has 1 aromatic carbocycles. The maximum Gasteiger partial charge on any atom is 0.249 e. The van der Waals surface area contributed by atoms with E-state index in [2.05, 4.69) is 41.4 Å². The van der Waals surface area contributed by atoms with Crippen LogP contribution in [0.5, 0.6) is 0 Å². The first kappa shape index (κ1) is 16.5. The number of hydrogen-bond donors (Lipinski definition) is 1. The molecule has 1 aromatic rings. The Bertz CT molecular complexity index is 501. The number of benzene rings is 1. The molecule has 3 rings (SSSR count). The fourth-order valence-electron chi connectivity index (χ4n) is 3.33. The fourth-order valence-corrected chi connectivity index (χ4v) is 3.33. The van der Waals surface area contributed by atoms with Crippen LogP contribution in [-0.4, -0.2) is 36.6 Å². The van der Waals surface area contributed by atoms with Gasteiger partial charge in [0.15, 0.2) is 0 Å². The Morgan fingerprint density at radius 2 is 1.87 bits per heavy atom. The van der Waals surface area contributed by atoms with E-state index in [4.69, 9.17) is 4.74 Å². The first-order valence-corrected chi connectivity index (χ1v) is 8.90. The predicted molar refractivity (Wildman–Crippen MR) is 90.9 cm³/mol. The number of rotatable bonds is 5. The lowest BCUT2D eigenvalue weighted by Crippen LogP contribution is -2.33. The van der Waals surface area contributed by atoms with Gasteiger partial charge >= 0.3 is 0 Å². The molecule has 4 heteroatoms. The van der Waals surface area contributed by atoms with E-state index < -0.39 is 0 Å². The van der Waals surface area contributed by atoms with Gasteiger partial charge in [-0.15, -0.1) is 0 Å². The SMILES string of the molecule is CC1CCN(Cc2ccc(CNC(=O)[C@@H]3CCCO3)cc2)CC1.